The highest BCUT2D eigenvalue weighted by molar-refractivity contribution is 5.92. The second-order valence-electron chi connectivity index (χ2n) is 5.10. The molecule has 2 aromatic carbocycles. The zero-order chi connectivity index (χ0) is 16.2. The van der Waals surface area contributed by atoms with Gasteiger partial charge in [0.1, 0.15) is 29.7 Å². The van der Waals surface area contributed by atoms with Crippen LogP contribution < -0.4 is 15.4 Å². The first-order valence-corrected chi connectivity index (χ1v) is 6.99. The molecule has 0 aliphatic carbocycles. The van der Waals surface area contributed by atoms with E-state index < -0.39 is 0 Å². The molecule has 0 saturated heterocycles. The summed E-state index contributed by atoms with van der Waals surface area (Å²) in [5.41, 5.74) is 2.25. The van der Waals surface area contributed by atoms with Crippen molar-refractivity contribution in [2.24, 2.45) is 0 Å². The van der Waals surface area contributed by atoms with Crippen LogP contribution in [0.15, 0.2) is 48.2 Å². The maximum Gasteiger partial charge on any atom is 0.228 e. The summed E-state index contributed by atoms with van der Waals surface area (Å²) in [4.78, 5) is 22.7. The van der Waals surface area contributed by atoms with Crippen LogP contribution >= 0.6 is 0 Å². The SMILES string of the molecule is O=C=C1COc2ccc(CC(=O)Nc3cccc(O)c3)cc2N1. The van der Waals surface area contributed by atoms with Gasteiger partial charge in [0.25, 0.3) is 0 Å². The van der Waals surface area contributed by atoms with E-state index in [0.717, 1.165) is 5.56 Å². The third-order valence-electron chi connectivity index (χ3n) is 3.32. The lowest BCUT2D eigenvalue weighted by Crippen LogP contribution is -2.18. The number of aromatic hydroxyl groups is 1. The molecule has 1 heterocycles. The quantitative estimate of drug-likeness (QED) is 0.756. The number of rotatable bonds is 3. The van der Waals surface area contributed by atoms with Crippen LogP contribution in [0.2, 0.25) is 0 Å². The number of phenols is 1. The van der Waals surface area contributed by atoms with Crippen LogP contribution in [0.4, 0.5) is 11.4 Å². The number of hydrogen-bond acceptors (Lipinski definition) is 5. The molecule has 0 bridgehead atoms. The van der Waals surface area contributed by atoms with Gasteiger partial charge < -0.3 is 20.5 Å². The summed E-state index contributed by atoms with van der Waals surface area (Å²) in [5.74, 6) is 2.28. The number of amides is 1. The van der Waals surface area contributed by atoms with E-state index in [1.54, 1.807) is 36.3 Å². The summed E-state index contributed by atoms with van der Waals surface area (Å²) in [6.45, 7) is 0.161. The maximum atomic E-state index is 12.1. The van der Waals surface area contributed by atoms with E-state index in [-0.39, 0.29) is 24.7 Å². The van der Waals surface area contributed by atoms with Crippen LogP contribution in [-0.4, -0.2) is 23.6 Å². The van der Waals surface area contributed by atoms with E-state index in [1.165, 1.54) is 12.1 Å². The zero-order valence-corrected chi connectivity index (χ0v) is 12.1. The van der Waals surface area contributed by atoms with Gasteiger partial charge in [-0.15, -0.1) is 0 Å². The second-order valence-corrected chi connectivity index (χ2v) is 5.10. The van der Waals surface area contributed by atoms with Crippen LogP contribution in [0.3, 0.4) is 0 Å². The summed E-state index contributed by atoms with van der Waals surface area (Å²) in [5, 5.41) is 15.0. The molecular formula is C17H14N2O4. The third-order valence-corrected chi connectivity index (χ3v) is 3.32. The van der Waals surface area contributed by atoms with Gasteiger partial charge in [-0.2, -0.15) is 0 Å². The van der Waals surface area contributed by atoms with Crippen molar-refractivity contribution >= 4 is 23.2 Å². The summed E-state index contributed by atoms with van der Waals surface area (Å²) < 4.78 is 5.41. The van der Waals surface area contributed by atoms with Crippen molar-refractivity contribution in [1.82, 2.24) is 0 Å². The number of fused-ring (bicyclic) bond motifs is 1. The van der Waals surface area contributed by atoms with Crippen LogP contribution in [0.5, 0.6) is 11.5 Å². The number of nitrogens with one attached hydrogen (secondary N) is 2. The van der Waals surface area contributed by atoms with Gasteiger partial charge in [-0.1, -0.05) is 12.1 Å². The Hall–Kier alpha value is -3.24. The highest BCUT2D eigenvalue weighted by atomic mass is 16.5. The fraction of sp³-hybridized carbons (Fsp3) is 0.118. The predicted molar refractivity (Wildman–Crippen MR) is 85.2 cm³/mol. The number of phenolic OH excluding ortho intramolecular Hbond substituents is 1. The van der Waals surface area contributed by atoms with E-state index in [4.69, 9.17) is 4.74 Å². The number of ether oxygens (including phenoxy) is 1. The summed E-state index contributed by atoms with van der Waals surface area (Å²) in [7, 11) is 0. The molecule has 6 heteroatoms. The Morgan fingerprint density at radius 3 is 2.96 bits per heavy atom. The van der Waals surface area contributed by atoms with Gasteiger partial charge in [0.2, 0.25) is 5.91 Å². The Bertz CT molecular complexity index is 810. The minimum absolute atomic E-state index is 0.0890. The molecule has 3 rings (SSSR count). The Balaban J connectivity index is 1.71. The van der Waals surface area contributed by atoms with Crippen LogP contribution in [0, 0.1) is 0 Å². The molecule has 3 N–H and O–H groups in total. The number of anilines is 2. The Morgan fingerprint density at radius 2 is 2.17 bits per heavy atom. The molecule has 6 nitrogen and oxygen atoms in total. The van der Waals surface area contributed by atoms with Gasteiger partial charge >= 0.3 is 0 Å². The zero-order valence-electron chi connectivity index (χ0n) is 12.1. The van der Waals surface area contributed by atoms with Crippen molar-refractivity contribution in [1.29, 1.82) is 0 Å². The molecule has 0 unspecified atom stereocenters. The summed E-state index contributed by atoms with van der Waals surface area (Å²) in [6.07, 6.45) is 0.157. The maximum absolute atomic E-state index is 12.1. The van der Waals surface area contributed by atoms with Crippen molar-refractivity contribution in [3.8, 4) is 11.5 Å². The monoisotopic (exact) mass is 310 g/mol. The minimum atomic E-state index is -0.210. The molecule has 0 atom stereocenters. The normalized spacial score (nSPS) is 12.4. The van der Waals surface area contributed by atoms with Crippen molar-refractivity contribution in [2.45, 2.75) is 6.42 Å². The van der Waals surface area contributed by atoms with Crippen LogP contribution in [0.25, 0.3) is 0 Å². The molecule has 0 saturated carbocycles. The van der Waals surface area contributed by atoms with E-state index in [1.807, 2.05) is 0 Å². The number of hydrogen-bond donors (Lipinski definition) is 3. The lowest BCUT2D eigenvalue weighted by atomic mass is 10.1. The lowest BCUT2D eigenvalue weighted by Gasteiger charge is -2.20. The first kappa shape index (κ1) is 14.7. The van der Waals surface area contributed by atoms with E-state index in [2.05, 4.69) is 10.6 Å². The largest absolute Gasteiger partial charge is 0.508 e. The van der Waals surface area contributed by atoms with Crippen LogP contribution in [-0.2, 0) is 16.0 Å². The van der Waals surface area contributed by atoms with Gasteiger partial charge in [-0.25, -0.2) is 4.79 Å². The van der Waals surface area contributed by atoms with Gasteiger partial charge in [0.15, 0.2) is 0 Å². The van der Waals surface area contributed by atoms with E-state index >= 15 is 0 Å². The molecule has 0 aromatic heterocycles. The molecule has 23 heavy (non-hydrogen) atoms. The Labute approximate surface area is 132 Å². The van der Waals surface area contributed by atoms with Gasteiger partial charge in [-0.3, -0.25) is 4.79 Å². The average Bonchev–Trinajstić information content (AvgIpc) is 2.54. The van der Waals surface area contributed by atoms with Crippen molar-refractivity contribution in [2.75, 3.05) is 17.2 Å². The highest BCUT2D eigenvalue weighted by Gasteiger charge is 2.15. The fourth-order valence-electron chi connectivity index (χ4n) is 2.29. The van der Waals surface area contributed by atoms with Crippen LogP contribution in [0.1, 0.15) is 5.56 Å². The Kier molecular flexibility index (Phi) is 3.99. The highest BCUT2D eigenvalue weighted by Crippen LogP contribution is 2.30. The van der Waals surface area contributed by atoms with Crippen molar-refractivity contribution in [3.05, 3.63) is 53.7 Å². The van der Waals surface area contributed by atoms with Gasteiger partial charge in [0, 0.05) is 11.8 Å². The summed E-state index contributed by atoms with van der Waals surface area (Å²) >= 11 is 0. The molecular weight excluding hydrogens is 296 g/mol. The van der Waals surface area contributed by atoms with E-state index in [9.17, 15) is 14.7 Å². The Morgan fingerprint density at radius 1 is 1.30 bits per heavy atom. The number of benzene rings is 2. The van der Waals surface area contributed by atoms with Gasteiger partial charge in [-0.05, 0) is 29.8 Å². The molecule has 2 aromatic rings. The average molecular weight is 310 g/mol. The smallest absolute Gasteiger partial charge is 0.228 e. The van der Waals surface area contributed by atoms with Crippen molar-refractivity contribution < 1.29 is 19.4 Å². The molecule has 0 radical (unpaired) electrons. The molecule has 0 fully saturated rings. The van der Waals surface area contributed by atoms with E-state index in [0.29, 0.717) is 22.8 Å². The lowest BCUT2D eigenvalue weighted by molar-refractivity contribution is -0.115. The second kappa shape index (κ2) is 6.25. The van der Waals surface area contributed by atoms with Gasteiger partial charge in [0.05, 0.1) is 12.1 Å². The number of carbonyl (C=O) groups is 1. The minimum Gasteiger partial charge on any atom is -0.508 e. The molecule has 1 aliphatic rings. The topological polar surface area (TPSA) is 87.7 Å². The molecule has 116 valence electrons. The molecule has 1 amide bonds. The molecule has 0 spiro atoms. The first-order chi connectivity index (χ1) is 11.1. The fourth-order valence-corrected chi connectivity index (χ4v) is 2.29. The predicted octanol–water partition coefficient (Wildman–Crippen LogP) is 2.09. The standard InChI is InChI=1S/C17H14N2O4/c20-9-13-10-23-16-5-4-11(6-15(16)18-13)7-17(22)19-12-2-1-3-14(21)8-12/h1-6,8,18,21H,7,10H2,(H,19,22). The first-order valence-electron chi connectivity index (χ1n) is 6.99. The third kappa shape index (κ3) is 3.51. The number of carbonyl (C=O) groups excluding carboxylic acids is 2. The van der Waals surface area contributed by atoms with Crippen molar-refractivity contribution in [3.63, 3.8) is 0 Å². The molecule has 1 aliphatic heterocycles. The summed E-state index contributed by atoms with van der Waals surface area (Å²) in [6, 6.07) is 11.6.